The van der Waals surface area contributed by atoms with Crippen molar-refractivity contribution in [1.82, 2.24) is 0 Å². The second kappa shape index (κ2) is 4.43. The smallest absolute Gasteiger partial charge is 0.335 e. The predicted molar refractivity (Wildman–Crippen MR) is 51.5 cm³/mol. The van der Waals surface area contributed by atoms with E-state index in [1.54, 1.807) is 5.40 Å². The lowest BCUT2D eigenvalue weighted by molar-refractivity contribution is -0.387. The molecule has 0 bridgehead atoms. The molecule has 0 saturated carbocycles. The Kier molecular flexibility index (Phi) is 3.25. The highest BCUT2D eigenvalue weighted by molar-refractivity contribution is 8.03. The van der Waals surface area contributed by atoms with Crippen LogP contribution >= 0.6 is 11.8 Å². The third kappa shape index (κ3) is 2.45. The van der Waals surface area contributed by atoms with Gasteiger partial charge < -0.3 is 5.11 Å². The van der Waals surface area contributed by atoms with Gasteiger partial charge in [0.1, 0.15) is 10.3 Å². The summed E-state index contributed by atoms with van der Waals surface area (Å²) in [6.07, 6.45) is 0. The van der Waals surface area contributed by atoms with E-state index < -0.39 is 10.9 Å². The molecule has 0 unspecified atom stereocenters. The van der Waals surface area contributed by atoms with Gasteiger partial charge in [0.25, 0.3) is 5.69 Å². The maximum atomic E-state index is 10.6. The maximum Gasteiger partial charge on any atom is 0.335 e. The minimum absolute atomic E-state index is 0.0300. The standard InChI is InChI=1S/C8H4N2O4S/c9-4-15-7-3-5(8(11)12)1-2-6(7)10(13)14/h1-3H,(H,11,12). The Morgan fingerprint density at radius 1 is 1.60 bits per heavy atom. The molecular weight excluding hydrogens is 220 g/mol. The molecule has 0 aliphatic heterocycles. The molecule has 0 aliphatic carbocycles. The highest BCUT2D eigenvalue weighted by atomic mass is 32.2. The van der Waals surface area contributed by atoms with Gasteiger partial charge in [0.2, 0.25) is 0 Å². The number of hydrogen-bond donors (Lipinski definition) is 1. The number of thioether (sulfide) groups is 1. The fraction of sp³-hybridized carbons (Fsp3) is 0. The molecule has 0 amide bonds. The van der Waals surface area contributed by atoms with Gasteiger partial charge in [-0.15, -0.1) is 0 Å². The van der Waals surface area contributed by atoms with E-state index in [9.17, 15) is 14.9 Å². The van der Waals surface area contributed by atoms with Crippen molar-refractivity contribution in [2.75, 3.05) is 0 Å². The van der Waals surface area contributed by atoms with Crippen molar-refractivity contribution in [3.8, 4) is 5.40 Å². The van der Waals surface area contributed by atoms with Crippen LogP contribution in [-0.4, -0.2) is 16.0 Å². The van der Waals surface area contributed by atoms with E-state index in [-0.39, 0.29) is 16.1 Å². The fourth-order valence-electron chi connectivity index (χ4n) is 0.929. The highest BCUT2D eigenvalue weighted by Crippen LogP contribution is 2.29. The number of nitrogens with zero attached hydrogens (tertiary/aromatic N) is 2. The number of aromatic carboxylic acids is 1. The lowest BCUT2D eigenvalue weighted by Gasteiger charge is -1.99. The van der Waals surface area contributed by atoms with Crippen LogP contribution in [0.4, 0.5) is 5.69 Å². The van der Waals surface area contributed by atoms with Crippen molar-refractivity contribution in [3.63, 3.8) is 0 Å². The summed E-state index contributed by atoms with van der Waals surface area (Å²) in [5.74, 6) is -1.19. The number of carbonyl (C=O) groups is 1. The van der Waals surface area contributed by atoms with Gasteiger partial charge in [0.05, 0.1) is 10.5 Å². The minimum Gasteiger partial charge on any atom is -0.478 e. The van der Waals surface area contributed by atoms with E-state index in [2.05, 4.69) is 0 Å². The first-order chi connectivity index (χ1) is 7.06. The third-order valence-electron chi connectivity index (χ3n) is 1.56. The second-order valence-electron chi connectivity index (χ2n) is 2.44. The monoisotopic (exact) mass is 224 g/mol. The van der Waals surface area contributed by atoms with Crippen LogP contribution < -0.4 is 0 Å². The molecule has 76 valence electrons. The summed E-state index contributed by atoms with van der Waals surface area (Å²) >= 11 is 0.562. The Morgan fingerprint density at radius 3 is 2.73 bits per heavy atom. The van der Waals surface area contributed by atoms with Gasteiger partial charge >= 0.3 is 5.97 Å². The third-order valence-corrected chi connectivity index (χ3v) is 2.20. The summed E-state index contributed by atoms with van der Waals surface area (Å²) in [7, 11) is 0. The van der Waals surface area contributed by atoms with Gasteiger partial charge in [0.15, 0.2) is 0 Å². The molecule has 1 aromatic carbocycles. The predicted octanol–water partition coefficient (Wildman–Crippen LogP) is 1.87. The molecule has 15 heavy (non-hydrogen) atoms. The summed E-state index contributed by atoms with van der Waals surface area (Å²) in [5.41, 5.74) is -0.357. The van der Waals surface area contributed by atoms with Crippen LogP contribution in [0.1, 0.15) is 10.4 Å². The van der Waals surface area contributed by atoms with Crippen LogP contribution in [-0.2, 0) is 0 Å². The topological polar surface area (TPSA) is 104 Å². The molecule has 7 heteroatoms. The number of nitro groups is 1. The number of thiocyanates is 1. The van der Waals surface area contributed by atoms with Crippen molar-refractivity contribution < 1.29 is 14.8 Å². The average molecular weight is 224 g/mol. The molecule has 0 aromatic heterocycles. The molecule has 0 fully saturated rings. The molecule has 0 radical (unpaired) electrons. The van der Waals surface area contributed by atoms with Crippen molar-refractivity contribution in [3.05, 3.63) is 33.9 Å². The number of nitriles is 1. The normalized spacial score (nSPS) is 9.27. The van der Waals surface area contributed by atoms with E-state index in [0.717, 1.165) is 18.2 Å². The zero-order valence-electron chi connectivity index (χ0n) is 7.21. The molecule has 1 rings (SSSR count). The van der Waals surface area contributed by atoms with E-state index in [4.69, 9.17) is 10.4 Å². The SMILES string of the molecule is N#CSc1cc(C(=O)O)ccc1[N+](=O)[O-]. The van der Waals surface area contributed by atoms with Crippen LogP contribution in [0, 0.1) is 20.8 Å². The Morgan fingerprint density at radius 2 is 2.27 bits per heavy atom. The van der Waals surface area contributed by atoms with Crippen LogP contribution in [0.5, 0.6) is 0 Å². The zero-order valence-corrected chi connectivity index (χ0v) is 8.02. The Balaban J connectivity index is 3.27. The van der Waals surface area contributed by atoms with Crippen LogP contribution in [0.15, 0.2) is 23.1 Å². The molecule has 1 N–H and O–H groups in total. The first-order valence-corrected chi connectivity index (χ1v) is 4.45. The number of carboxylic acid groups (broad SMARTS) is 1. The molecular formula is C8H4N2O4S. The second-order valence-corrected chi connectivity index (χ2v) is 3.26. The zero-order chi connectivity index (χ0) is 11.4. The van der Waals surface area contributed by atoms with E-state index in [1.807, 2.05) is 0 Å². The number of benzene rings is 1. The first kappa shape index (κ1) is 11.0. The molecule has 1 aromatic rings. The van der Waals surface area contributed by atoms with Gasteiger partial charge in [-0.1, -0.05) is 0 Å². The Hall–Kier alpha value is -2.07. The van der Waals surface area contributed by atoms with Gasteiger partial charge in [-0.3, -0.25) is 10.1 Å². The molecule has 0 spiro atoms. The average Bonchev–Trinajstić information content (AvgIpc) is 2.17. The number of rotatable bonds is 3. The van der Waals surface area contributed by atoms with E-state index in [0.29, 0.717) is 11.8 Å². The Labute approximate surface area is 88.3 Å². The summed E-state index contributed by atoms with van der Waals surface area (Å²) in [6.45, 7) is 0. The number of hydrogen-bond acceptors (Lipinski definition) is 5. The summed E-state index contributed by atoms with van der Waals surface area (Å²) < 4.78 is 0. The van der Waals surface area contributed by atoms with Gasteiger partial charge in [-0.25, -0.2) is 4.79 Å². The summed E-state index contributed by atoms with van der Waals surface area (Å²) in [5, 5.41) is 29.2. The highest BCUT2D eigenvalue weighted by Gasteiger charge is 2.16. The lowest BCUT2D eigenvalue weighted by atomic mass is 10.2. The van der Waals surface area contributed by atoms with E-state index >= 15 is 0 Å². The molecule has 0 atom stereocenters. The number of carboxylic acids is 1. The van der Waals surface area contributed by atoms with Gasteiger partial charge in [-0.2, -0.15) is 5.26 Å². The molecule has 0 heterocycles. The van der Waals surface area contributed by atoms with Crippen LogP contribution in [0.25, 0.3) is 0 Å². The fourth-order valence-corrected chi connectivity index (χ4v) is 1.46. The van der Waals surface area contributed by atoms with Gasteiger partial charge in [-0.05, 0) is 23.9 Å². The summed E-state index contributed by atoms with van der Waals surface area (Å²) in [4.78, 5) is 20.5. The van der Waals surface area contributed by atoms with E-state index in [1.165, 1.54) is 0 Å². The molecule has 0 saturated heterocycles. The lowest BCUT2D eigenvalue weighted by Crippen LogP contribution is -1.98. The maximum absolute atomic E-state index is 10.6. The van der Waals surface area contributed by atoms with Crippen molar-refractivity contribution in [2.24, 2.45) is 0 Å². The van der Waals surface area contributed by atoms with Crippen LogP contribution in [0.2, 0.25) is 0 Å². The largest absolute Gasteiger partial charge is 0.478 e. The van der Waals surface area contributed by atoms with Gasteiger partial charge in [0, 0.05) is 6.07 Å². The minimum atomic E-state index is -1.19. The quantitative estimate of drug-likeness (QED) is 0.363. The summed E-state index contributed by atoms with van der Waals surface area (Å²) in [6, 6.07) is 3.30. The Bertz CT molecular complexity index is 466. The molecule has 6 nitrogen and oxygen atoms in total. The van der Waals surface area contributed by atoms with Crippen molar-refractivity contribution in [1.29, 1.82) is 5.26 Å². The molecule has 0 aliphatic rings. The van der Waals surface area contributed by atoms with Crippen molar-refractivity contribution >= 4 is 23.4 Å². The van der Waals surface area contributed by atoms with Crippen molar-refractivity contribution in [2.45, 2.75) is 4.90 Å². The first-order valence-electron chi connectivity index (χ1n) is 3.64. The van der Waals surface area contributed by atoms with Crippen LogP contribution in [0.3, 0.4) is 0 Å². The number of nitro benzene ring substituents is 1.